The predicted molar refractivity (Wildman–Crippen MR) is 62.7 cm³/mol. The van der Waals surface area contributed by atoms with Crippen molar-refractivity contribution in [2.45, 2.75) is 33.6 Å². The van der Waals surface area contributed by atoms with Gasteiger partial charge in [0.05, 0.1) is 0 Å². The summed E-state index contributed by atoms with van der Waals surface area (Å²) in [6, 6.07) is 0. The van der Waals surface area contributed by atoms with Crippen LogP contribution in [0, 0.1) is 0 Å². The van der Waals surface area contributed by atoms with E-state index in [1.54, 1.807) is 0 Å². The minimum absolute atomic E-state index is 0.125. The van der Waals surface area contributed by atoms with Crippen molar-refractivity contribution in [2.75, 3.05) is 6.61 Å². The summed E-state index contributed by atoms with van der Waals surface area (Å²) in [7, 11) is 0. The molecule has 0 atom stereocenters. The molecule has 0 rings (SSSR count). The van der Waals surface area contributed by atoms with Gasteiger partial charge in [-0.25, -0.2) is 0 Å². The molecule has 16 heavy (non-hydrogen) atoms. The number of hydrogen-bond donors (Lipinski definition) is 2. The Morgan fingerprint density at radius 2 is 1.56 bits per heavy atom. The summed E-state index contributed by atoms with van der Waals surface area (Å²) < 4.78 is 0. The largest absolute Gasteiger partial charge is 0.396 e. The third-order valence-electron chi connectivity index (χ3n) is 0.888. The average molecular weight is 231 g/mol. The van der Waals surface area contributed by atoms with E-state index in [0.29, 0.717) is 12.8 Å². The van der Waals surface area contributed by atoms with Crippen molar-refractivity contribution < 1.29 is 19.5 Å². The summed E-state index contributed by atoms with van der Waals surface area (Å²) in [5.41, 5.74) is 4.53. The maximum atomic E-state index is 10.1. The minimum Gasteiger partial charge on any atom is -0.396 e. The quantitative estimate of drug-likeness (QED) is 0.692. The molecule has 5 nitrogen and oxygen atoms in total. The molecule has 0 aromatic rings. The number of carbonyl (C=O) groups excluding carboxylic acids is 3. The highest BCUT2D eigenvalue weighted by Gasteiger charge is 1.88. The standard InChI is InChI=1S/C5H10O2.C3H5NO.C3H6O/c1-5(7)3-2-4-6;1-2-3(4)5;1-3(2)4/h6H,2-4H2,1H3;2H,1H2,(H2,4,5);1-2H3. The minimum atomic E-state index is -0.481. The van der Waals surface area contributed by atoms with E-state index < -0.39 is 5.91 Å². The summed E-state index contributed by atoms with van der Waals surface area (Å²) in [4.78, 5) is 29.0. The molecule has 0 saturated carbocycles. The molecule has 0 aliphatic rings. The lowest BCUT2D eigenvalue weighted by Gasteiger charge is -1.86. The molecule has 0 unspecified atom stereocenters. The van der Waals surface area contributed by atoms with Crippen molar-refractivity contribution in [3.63, 3.8) is 0 Å². The van der Waals surface area contributed by atoms with Crippen LogP contribution in [-0.4, -0.2) is 29.2 Å². The summed E-state index contributed by atoms with van der Waals surface area (Å²) >= 11 is 0. The Kier molecular flexibility index (Phi) is 19.9. The van der Waals surface area contributed by atoms with E-state index in [1.807, 2.05) is 0 Å². The highest BCUT2D eigenvalue weighted by atomic mass is 16.3. The van der Waals surface area contributed by atoms with Gasteiger partial charge in [0, 0.05) is 13.0 Å². The second-order valence-electron chi connectivity index (χ2n) is 3.04. The van der Waals surface area contributed by atoms with Gasteiger partial charge in [0.15, 0.2) is 0 Å². The monoisotopic (exact) mass is 231 g/mol. The van der Waals surface area contributed by atoms with E-state index in [4.69, 9.17) is 5.11 Å². The molecule has 0 radical (unpaired) electrons. The van der Waals surface area contributed by atoms with Crippen molar-refractivity contribution in [1.82, 2.24) is 0 Å². The summed E-state index contributed by atoms with van der Waals surface area (Å²) in [5, 5.41) is 8.16. The van der Waals surface area contributed by atoms with E-state index >= 15 is 0 Å². The highest BCUT2D eigenvalue weighted by Crippen LogP contribution is 1.85. The molecule has 0 aliphatic carbocycles. The topological polar surface area (TPSA) is 97.5 Å². The Labute approximate surface area is 96.3 Å². The molecular weight excluding hydrogens is 210 g/mol. The number of nitrogens with two attached hydrogens (primary N) is 1. The van der Waals surface area contributed by atoms with E-state index in [2.05, 4.69) is 12.3 Å². The van der Waals surface area contributed by atoms with Gasteiger partial charge in [-0.3, -0.25) is 4.79 Å². The van der Waals surface area contributed by atoms with Gasteiger partial charge in [0.1, 0.15) is 11.6 Å². The molecule has 1 amide bonds. The van der Waals surface area contributed by atoms with Gasteiger partial charge >= 0.3 is 0 Å². The molecule has 0 saturated heterocycles. The summed E-state index contributed by atoms with van der Waals surface area (Å²) in [5.74, 6) is -0.168. The Bertz CT molecular complexity index is 220. The molecule has 0 heterocycles. The number of Topliss-reactive ketones (excluding diaryl/α,β-unsaturated/α-hetero) is 2. The molecular formula is C11H21NO4. The lowest BCUT2D eigenvalue weighted by molar-refractivity contribution is -0.117. The van der Waals surface area contributed by atoms with E-state index in [-0.39, 0.29) is 18.2 Å². The molecule has 94 valence electrons. The summed E-state index contributed by atoms with van der Waals surface area (Å²) in [6.07, 6.45) is 2.17. The van der Waals surface area contributed by atoms with Crippen LogP contribution in [0.15, 0.2) is 12.7 Å². The lowest BCUT2D eigenvalue weighted by Crippen LogP contribution is -2.04. The Balaban J connectivity index is -0.000000166. The SMILES string of the molecule is C=CC(N)=O.CC(=O)CCCO.CC(C)=O. The highest BCUT2D eigenvalue weighted by molar-refractivity contribution is 5.84. The van der Waals surface area contributed by atoms with Gasteiger partial charge in [0.2, 0.25) is 5.91 Å². The first-order valence-electron chi connectivity index (χ1n) is 4.77. The molecule has 0 aliphatic heterocycles. The number of amides is 1. The first-order chi connectivity index (χ1) is 7.27. The average Bonchev–Trinajstić information content (AvgIpc) is 2.14. The maximum Gasteiger partial charge on any atom is 0.240 e. The Hall–Kier alpha value is -1.49. The normalized spacial score (nSPS) is 7.50. The van der Waals surface area contributed by atoms with Gasteiger partial charge < -0.3 is 20.4 Å². The molecule has 0 aromatic heterocycles. The molecule has 0 aromatic carbocycles. The second-order valence-corrected chi connectivity index (χ2v) is 3.04. The molecule has 0 bridgehead atoms. The number of aliphatic hydroxyl groups is 1. The van der Waals surface area contributed by atoms with Crippen LogP contribution in [0.4, 0.5) is 0 Å². The van der Waals surface area contributed by atoms with Crippen molar-refractivity contribution in [3.05, 3.63) is 12.7 Å². The van der Waals surface area contributed by atoms with Crippen LogP contribution >= 0.6 is 0 Å². The van der Waals surface area contributed by atoms with Crippen molar-refractivity contribution in [1.29, 1.82) is 0 Å². The number of hydrogen-bond acceptors (Lipinski definition) is 4. The van der Waals surface area contributed by atoms with Crippen molar-refractivity contribution in [2.24, 2.45) is 5.73 Å². The van der Waals surface area contributed by atoms with Crippen molar-refractivity contribution >= 4 is 17.5 Å². The fraction of sp³-hybridized carbons (Fsp3) is 0.545. The number of primary amides is 1. The molecule has 0 spiro atoms. The van der Waals surface area contributed by atoms with E-state index in [1.165, 1.54) is 20.8 Å². The zero-order valence-electron chi connectivity index (χ0n) is 10.2. The second kappa shape index (κ2) is 16.0. The van der Waals surface area contributed by atoms with Crippen LogP contribution in [0.25, 0.3) is 0 Å². The van der Waals surface area contributed by atoms with Crippen LogP contribution in [-0.2, 0) is 14.4 Å². The number of ketones is 2. The maximum absolute atomic E-state index is 10.1. The number of carbonyl (C=O) groups is 3. The predicted octanol–water partition coefficient (Wildman–Crippen LogP) is 0.601. The number of aliphatic hydroxyl groups excluding tert-OH is 1. The van der Waals surface area contributed by atoms with Gasteiger partial charge in [0.25, 0.3) is 0 Å². The lowest BCUT2D eigenvalue weighted by atomic mass is 10.2. The van der Waals surface area contributed by atoms with Crippen LogP contribution in [0.5, 0.6) is 0 Å². The summed E-state index contributed by atoms with van der Waals surface area (Å²) in [6.45, 7) is 7.79. The van der Waals surface area contributed by atoms with E-state index in [0.717, 1.165) is 6.08 Å². The smallest absolute Gasteiger partial charge is 0.240 e. The zero-order chi connectivity index (χ0) is 13.6. The zero-order valence-corrected chi connectivity index (χ0v) is 10.2. The van der Waals surface area contributed by atoms with Gasteiger partial charge in [-0.15, -0.1) is 0 Å². The molecule has 3 N–H and O–H groups in total. The third-order valence-corrected chi connectivity index (χ3v) is 0.888. The molecule has 0 fully saturated rings. The van der Waals surface area contributed by atoms with Crippen LogP contribution in [0.2, 0.25) is 0 Å². The van der Waals surface area contributed by atoms with Gasteiger partial charge in [-0.05, 0) is 33.3 Å². The first kappa shape index (κ1) is 20.0. The first-order valence-corrected chi connectivity index (χ1v) is 4.77. The third kappa shape index (κ3) is 81.5. The van der Waals surface area contributed by atoms with Gasteiger partial charge in [-0.2, -0.15) is 0 Å². The van der Waals surface area contributed by atoms with Crippen molar-refractivity contribution in [3.8, 4) is 0 Å². The van der Waals surface area contributed by atoms with E-state index in [9.17, 15) is 14.4 Å². The Morgan fingerprint density at radius 3 is 1.62 bits per heavy atom. The van der Waals surface area contributed by atoms with Crippen LogP contribution in [0.3, 0.4) is 0 Å². The Morgan fingerprint density at radius 1 is 1.25 bits per heavy atom. The van der Waals surface area contributed by atoms with Crippen LogP contribution < -0.4 is 5.73 Å². The fourth-order valence-electron chi connectivity index (χ4n) is 0.328. The van der Waals surface area contributed by atoms with Crippen LogP contribution in [0.1, 0.15) is 33.6 Å². The molecule has 5 heteroatoms. The number of rotatable bonds is 4. The van der Waals surface area contributed by atoms with Gasteiger partial charge in [-0.1, -0.05) is 6.58 Å². The fourth-order valence-corrected chi connectivity index (χ4v) is 0.328.